The Hall–Kier alpha value is -1.61. The fraction of sp³-hybridized carbons (Fsp3) is 0.438. The maximum absolute atomic E-state index is 5.42. The standard InChI is InChI=1S/C16H22N2O/c1-11-6-7-13(8-12(11)2)15-9-14(18-19-15)10-17-16(3,4)5/h6-9,17H,10H2,1-5H3. The van der Waals surface area contributed by atoms with E-state index in [0.29, 0.717) is 0 Å². The van der Waals surface area contributed by atoms with Crippen LogP contribution < -0.4 is 5.32 Å². The number of benzene rings is 1. The topological polar surface area (TPSA) is 38.1 Å². The predicted molar refractivity (Wildman–Crippen MR) is 78.0 cm³/mol. The highest BCUT2D eigenvalue weighted by atomic mass is 16.5. The van der Waals surface area contributed by atoms with Crippen LogP contribution in [0, 0.1) is 13.8 Å². The number of hydrogen-bond donors (Lipinski definition) is 1. The molecule has 1 N–H and O–H groups in total. The van der Waals surface area contributed by atoms with E-state index in [0.717, 1.165) is 23.6 Å². The van der Waals surface area contributed by atoms with Gasteiger partial charge in [-0.15, -0.1) is 0 Å². The van der Waals surface area contributed by atoms with Crippen LogP contribution in [-0.2, 0) is 6.54 Å². The Morgan fingerprint density at radius 1 is 1.11 bits per heavy atom. The first-order valence-electron chi connectivity index (χ1n) is 6.63. The molecule has 1 aromatic heterocycles. The first kappa shape index (κ1) is 13.8. The minimum Gasteiger partial charge on any atom is -0.356 e. The summed E-state index contributed by atoms with van der Waals surface area (Å²) in [6, 6.07) is 8.32. The van der Waals surface area contributed by atoms with E-state index in [4.69, 9.17) is 4.52 Å². The average molecular weight is 258 g/mol. The molecule has 0 atom stereocenters. The van der Waals surface area contributed by atoms with E-state index in [1.165, 1.54) is 11.1 Å². The molecule has 102 valence electrons. The fourth-order valence-electron chi connectivity index (χ4n) is 1.78. The Bertz CT molecular complexity index is 564. The summed E-state index contributed by atoms with van der Waals surface area (Å²) in [7, 11) is 0. The van der Waals surface area contributed by atoms with Gasteiger partial charge < -0.3 is 9.84 Å². The Kier molecular flexibility index (Phi) is 3.76. The summed E-state index contributed by atoms with van der Waals surface area (Å²) >= 11 is 0. The highest BCUT2D eigenvalue weighted by Crippen LogP contribution is 2.23. The van der Waals surface area contributed by atoms with Gasteiger partial charge in [0.05, 0.1) is 5.69 Å². The molecule has 2 aromatic rings. The lowest BCUT2D eigenvalue weighted by Crippen LogP contribution is -2.35. The fourth-order valence-corrected chi connectivity index (χ4v) is 1.78. The third kappa shape index (κ3) is 3.67. The summed E-state index contributed by atoms with van der Waals surface area (Å²) < 4.78 is 5.42. The van der Waals surface area contributed by atoms with E-state index < -0.39 is 0 Å². The van der Waals surface area contributed by atoms with Crippen LogP contribution in [-0.4, -0.2) is 10.7 Å². The molecule has 0 saturated carbocycles. The summed E-state index contributed by atoms with van der Waals surface area (Å²) in [5, 5.41) is 7.51. The number of nitrogens with zero attached hydrogens (tertiary/aromatic N) is 1. The largest absolute Gasteiger partial charge is 0.356 e. The molecule has 0 amide bonds. The molecule has 0 spiro atoms. The molecule has 1 aromatic carbocycles. The zero-order chi connectivity index (χ0) is 14.0. The molecule has 0 aliphatic rings. The highest BCUT2D eigenvalue weighted by molar-refractivity contribution is 5.59. The smallest absolute Gasteiger partial charge is 0.167 e. The van der Waals surface area contributed by atoms with Gasteiger partial charge in [0.2, 0.25) is 0 Å². The second-order valence-corrected chi connectivity index (χ2v) is 6.09. The number of rotatable bonds is 3. The number of aryl methyl sites for hydroxylation is 2. The number of hydrogen-bond acceptors (Lipinski definition) is 3. The summed E-state index contributed by atoms with van der Waals surface area (Å²) in [6.07, 6.45) is 0. The van der Waals surface area contributed by atoms with Crippen LogP contribution in [0.5, 0.6) is 0 Å². The van der Waals surface area contributed by atoms with Crippen molar-refractivity contribution < 1.29 is 4.52 Å². The van der Waals surface area contributed by atoms with Crippen LogP contribution >= 0.6 is 0 Å². The van der Waals surface area contributed by atoms with Crippen LogP contribution in [0.4, 0.5) is 0 Å². The van der Waals surface area contributed by atoms with E-state index in [-0.39, 0.29) is 5.54 Å². The van der Waals surface area contributed by atoms with Crippen molar-refractivity contribution >= 4 is 0 Å². The molecule has 1 heterocycles. The normalized spacial score (nSPS) is 11.8. The van der Waals surface area contributed by atoms with Gasteiger partial charge in [-0.1, -0.05) is 17.3 Å². The summed E-state index contributed by atoms with van der Waals surface area (Å²) in [5.41, 5.74) is 4.65. The molecule has 0 fully saturated rings. The van der Waals surface area contributed by atoms with E-state index >= 15 is 0 Å². The SMILES string of the molecule is Cc1ccc(-c2cc(CNC(C)(C)C)no2)cc1C. The maximum atomic E-state index is 5.42. The third-order valence-electron chi connectivity index (χ3n) is 3.15. The van der Waals surface area contributed by atoms with E-state index in [9.17, 15) is 0 Å². The van der Waals surface area contributed by atoms with Crippen molar-refractivity contribution in [2.24, 2.45) is 0 Å². The maximum Gasteiger partial charge on any atom is 0.167 e. The molecule has 3 nitrogen and oxygen atoms in total. The van der Waals surface area contributed by atoms with Gasteiger partial charge in [-0.05, 0) is 51.8 Å². The van der Waals surface area contributed by atoms with Crippen LogP contribution in [0.3, 0.4) is 0 Å². The molecule has 0 unspecified atom stereocenters. The molecule has 0 radical (unpaired) electrons. The van der Waals surface area contributed by atoms with Gasteiger partial charge >= 0.3 is 0 Å². The molecule has 2 rings (SSSR count). The first-order valence-corrected chi connectivity index (χ1v) is 6.63. The third-order valence-corrected chi connectivity index (χ3v) is 3.15. The lowest BCUT2D eigenvalue weighted by molar-refractivity contribution is 0.392. The van der Waals surface area contributed by atoms with Gasteiger partial charge in [0.15, 0.2) is 5.76 Å². The van der Waals surface area contributed by atoms with Crippen LogP contribution in [0.1, 0.15) is 37.6 Å². The first-order chi connectivity index (χ1) is 8.85. The second kappa shape index (κ2) is 5.17. The molecule has 0 aliphatic carbocycles. The van der Waals surface area contributed by atoms with Crippen LogP contribution in [0.25, 0.3) is 11.3 Å². The Labute approximate surface area is 115 Å². The van der Waals surface area contributed by atoms with Crippen molar-refractivity contribution in [3.05, 3.63) is 41.1 Å². The van der Waals surface area contributed by atoms with Gasteiger partial charge in [0.1, 0.15) is 0 Å². The van der Waals surface area contributed by atoms with Gasteiger partial charge in [-0.25, -0.2) is 0 Å². The van der Waals surface area contributed by atoms with Crippen molar-refractivity contribution in [3.8, 4) is 11.3 Å². The predicted octanol–water partition coefficient (Wildman–Crippen LogP) is 3.85. The van der Waals surface area contributed by atoms with Crippen molar-refractivity contribution in [3.63, 3.8) is 0 Å². The van der Waals surface area contributed by atoms with E-state index in [2.05, 4.69) is 63.3 Å². The lowest BCUT2D eigenvalue weighted by Gasteiger charge is -2.19. The van der Waals surface area contributed by atoms with E-state index in [1.54, 1.807) is 0 Å². The van der Waals surface area contributed by atoms with Gasteiger partial charge in [0, 0.05) is 23.7 Å². The van der Waals surface area contributed by atoms with Gasteiger partial charge in [0.25, 0.3) is 0 Å². The van der Waals surface area contributed by atoms with Gasteiger partial charge in [-0.2, -0.15) is 0 Å². The second-order valence-electron chi connectivity index (χ2n) is 6.09. The summed E-state index contributed by atoms with van der Waals surface area (Å²) in [4.78, 5) is 0. The van der Waals surface area contributed by atoms with Crippen molar-refractivity contribution in [2.75, 3.05) is 0 Å². The van der Waals surface area contributed by atoms with Gasteiger partial charge in [-0.3, -0.25) is 0 Å². The molecule has 0 aliphatic heterocycles. The van der Waals surface area contributed by atoms with Crippen LogP contribution in [0.15, 0.2) is 28.8 Å². The molecule has 19 heavy (non-hydrogen) atoms. The number of aromatic nitrogens is 1. The van der Waals surface area contributed by atoms with Crippen LogP contribution in [0.2, 0.25) is 0 Å². The molecular formula is C16H22N2O. The Morgan fingerprint density at radius 2 is 1.84 bits per heavy atom. The monoisotopic (exact) mass is 258 g/mol. The Balaban J connectivity index is 2.14. The zero-order valence-electron chi connectivity index (χ0n) is 12.4. The van der Waals surface area contributed by atoms with E-state index in [1.807, 2.05) is 6.07 Å². The van der Waals surface area contributed by atoms with Crippen molar-refractivity contribution in [1.29, 1.82) is 0 Å². The van der Waals surface area contributed by atoms with Crippen molar-refractivity contribution in [1.82, 2.24) is 10.5 Å². The minimum atomic E-state index is 0.0829. The molecule has 3 heteroatoms. The molecule has 0 bridgehead atoms. The average Bonchev–Trinajstić information content (AvgIpc) is 2.78. The highest BCUT2D eigenvalue weighted by Gasteiger charge is 2.12. The summed E-state index contributed by atoms with van der Waals surface area (Å²) in [6.45, 7) is 11.3. The number of nitrogens with one attached hydrogen (secondary N) is 1. The summed E-state index contributed by atoms with van der Waals surface area (Å²) in [5.74, 6) is 0.828. The van der Waals surface area contributed by atoms with Crippen molar-refractivity contribution in [2.45, 2.75) is 46.7 Å². The lowest BCUT2D eigenvalue weighted by atomic mass is 10.0. The zero-order valence-corrected chi connectivity index (χ0v) is 12.4. The quantitative estimate of drug-likeness (QED) is 0.908. The minimum absolute atomic E-state index is 0.0829. The molecular weight excluding hydrogens is 236 g/mol. The molecule has 0 saturated heterocycles. The Morgan fingerprint density at radius 3 is 2.47 bits per heavy atom.